The molecule has 4 heteroatoms. The first-order valence-corrected chi connectivity index (χ1v) is 17.1. The van der Waals surface area contributed by atoms with Gasteiger partial charge < -0.3 is 0 Å². The molecule has 48 heavy (non-hydrogen) atoms. The van der Waals surface area contributed by atoms with E-state index in [9.17, 15) is 0 Å². The fourth-order valence-electron chi connectivity index (χ4n) is 7.80. The molecule has 11 aromatic rings. The summed E-state index contributed by atoms with van der Waals surface area (Å²) in [5.74, 6) is 0.847. The van der Waals surface area contributed by atoms with Crippen LogP contribution in [-0.4, -0.2) is 14.5 Å². The summed E-state index contributed by atoms with van der Waals surface area (Å²) in [5, 5.41) is 13.3. The first-order valence-electron chi connectivity index (χ1n) is 16.3. The minimum atomic E-state index is 0.847. The van der Waals surface area contributed by atoms with Crippen molar-refractivity contribution < 1.29 is 0 Å². The molecule has 0 bridgehead atoms. The quantitative estimate of drug-likeness (QED) is 0.179. The number of benzene rings is 8. The van der Waals surface area contributed by atoms with Crippen LogP contribution >= 0.6 is 11.3 Å². The average Bonchev–Trinajstić information content (AvgIpc) is 3.67. The highest BCUT2D eigenvalue weighted by Crippen LogP contribution is 2.44. The van der Waals surface area contributed by atoms with Crippen LogP contribution in [0.4, 0.5) is 0 Å². The minimum absolute atomic E-state index is 0.847. The van der Waals surface area contributed by atoms with Gasteiger partial charge in [-0.15, -0.1) is 11.3 Å². The Labute approximate surface area is 278 Å². The molecule has 3 nitrogen and oxygen atoms in total. The van der Waals surface area contributed by atoms with Gasteiger partial charge >= 0.3 is 0 Å². The third-order valence-corrected chi connectivity index (χ3v) is 11.0. The lowest BCUT2D eigenvalue weighted by Crippen LogP contribution is -2.03. The summed E-state index contributed by atoms with van der Waals surface area (Å²) in [6.45, 7) is 0. The van der Waals surface area contributed by atoms with Crippen LogP contribution in [-0.2, 0) is 0 Å². The number of fused-ring (bicyclic) bond motifs is 12. The second kappa shape index (κ2) is 9.71. The normalized spacial score (nSPS) is 12.2. The van der Waals surface area contributed by atoms with Gasteiger partial charge in [0, 0.05) is 26.4 Å². The fraction of sp³-hybridized carbons (Fsp3) is 0. The molecule has 0 amide bonds. The molecule has 11 rings (SSSR count). The van der Waals surface area contributed by atoms with Crippen molar-refractivity contribution in [3.8, 4) is 17.1 Å². The van der Waals surface area contributed by atoms with Crippen LogP contribution in [0.25, 0.3) is 102 Å². The maximum Gasteiger partial charge on any atom is 0.166 e. The van der Waals surface area contributed by atoms with Gasteiger partial charge in [-0.1, -0.05) is 121 Å². The number of thiophene rings is 1. The Bertz CT molecular complexity index is 3130. The van der Waals surface area contributed by atoms with E-state index < -0.39 is 0 Å². The molecule has 0 N–H and O–H groups in total. The van der Waals surface area contributed by atoms with E-state index in [1.54, 1.807) is 11.3 Å². The Kier molecular flexibility index (Phi) is 5.26. The van der Waals surface area contributed by atoms with Crippen molar-refractivity contribution in [1.82, 2.24) is 14.5 Å². The first kappa shape index (κ1) is 26.0. The standard InChI is InChI=1S/C44H25N3S/c1-2-13-28-25-38-36(23-27(28)12-1)40-31-16-6-3-11-26(31)21-22-37(40)47(38)43-41(45-42-34-19-9-10-20-39(34)48-44(42)46-43)35-24-29-14-4-5-15-30(29)32-17-7-8-18-33(32)35/h1-25H. The van der Waals surface area contributed by atoms with Gasteiger partial charge in [-0.2, -0.15) is 0 Å². The van der Waals surface area contributed by atoms with Gasteiger partial charge in [-0.3, -0.25) is 4.57 Å². The SMILES string of the molecule is c1ccc2cc3c(cc2c1)c1c2ccccc2ccc1n3-c1nc2sc3ccccc3c2nc1-c1cc2ccccc2c2ccccc12. The van der Waals surface area contributed by atoms with Crippen molar-refractivity contribution in [1.29, 1.82) is 0 Å². The number of nitrogens with zero attached hydrogens (tertiary/aromatic N) is 3. The zero-order chi connectivity index (χ0) is 31.3. The highest BCUT2D eigenvalue weighted by molar-refractivity contribution is 7.25. The van der Waals surface area contributed by atoms with E-state index in [0.29, 0.717) is 0 Å². The summed E-state index contributed by atoms with van der Waals surface area (Å²) in [5.41, 5.74) is 5.17. The summed E-state index contributed by atoms with van der Waals surface area (Å²) in [6, 6.07) is 54.8. The van der Waals surface area contributed by atoms with Crippen LogP contribution < -0.4 is 0 Å². The molecule has 0 aliphatic carbocycles. The summed E-state index contributed by atoms with van der Waals surface area (Å²) in [4.78, 5) is 12.2. The highest BCUT2D eigenvalue weighted by Gasteiger charge is 2.24. The molecule has 0 unspecified atom stereocenters. The summed E-state index contributed by atoms with van der Waals surface area (Å²) in [7, 11) is 0. The lowest BCUT2D eigenvalue weighted by atomic mass is 9.95. The molecule has 0 radical (unpaired) electrons. The zero-order valence-corrected chi connectivity index (χ0v) is 26.5. The number of rotatable bonds is 2. The smallest absolute Gasteiger partial charge is 0.166 e. The van der Waals surface area contributed by atoms with E-state index in [0.717, 1.165) is 43.8 Å². The molecule has 3 heterocycles. The van der Waals surface area contributed by atoms with Gasteiger partial charge in [0.15, 0.2) is 5.82 Å². The van der Waals surface area contributed by atoms with Crippen molar-refractivity contribution in [3.05, 3.63) is 152 Å². The van der Waals surface area contributed by atoms with Crippen molar-refractivity contribution in [2.75, 3.05) is 0 Å². The van der Waals surface area contributed by atoms with Crippen molar-refractivity contribution >= 4 is 96.7 Å². The highest BCUT2D eigenvalue weighted by atomic mass is 32.1. The molecular weight excluding hydrogens is 603 g/mol. The predicted octanol–water partition coefficient (Wildman–Crippen LogP) is 12.2. The van der Waals surface area contributed by atoms with Crippen LogP contribution in [0, 0.1) is 0 Å². The van der Waals surface area contributed by atoms with Gasteiger partial charge in [0.05, 0.1) is 11.0 Å². The topological polar surface area (TPSA) is 30.7 Å². The second-order valence-corrected chi connectivity index (χ2v) is 13.6. The van der Waals surface area contributed by atoms with E-state index in [4.69, 9.17) is 9.97 Å². The van der Waals surface area contributed by atoms with Crippen LogP contribution in [0.2, 0.25) is 0 Å². The lowest BCUT2D eigenvalue weighted by Gasteiger charge is -2.16. The Morgan fingerprint density at radius 2 is 1.08 bits per heavy atom. The molecule has 0 fully saturated rings. The Hall–Kier alpha value is -6.10. The van der Waals surface area contributed by atoms with Crippen molar-refractivity contribution in [2.24, 2.45) is 0 Å². The van der Waals surface area contributed by atoms with Crippen molar-refractivity contribution in [2.45, 2.75) is 0 Å². The summed E-state index contributed by atoms with van der Waals surface area (Å²) < 4.78 is 3.57. The first-order chi connectivity index (χ1) is 23.8. The molecule has 0 spiro atoms. The van der Waals surface area contributed by atoms with E-state index in [1.807, 2.05) is 0 Å². The Balaban J connectivity index is 1.37. The third kappa shape index (κ3) is 3.58. The van der Waals surface area contributed by atoms with Crippen LogP contribution in [0.15, 0.2) is 152 Å². The van der Waals surface area contributed by atoms with E-state index >= 15 is 0 Å². The molecule has 0 aliphatic heterocycles. The third-order valence-electron chi connectivity index (χ3n) is 9.95. The van der Waals surface area contributed by atoms with Crippen LogP contribution in [0.3, 0.4) is 0 Å². The maximum absolute atomic E-state index is 5.61. The molecule has 8 aromatic carbocycles. The van der Waals surface area contributed by atoms with E-state index in [2.05, 4.69) is 156 Å². The second-order valence-electron chi connectivity index (χ2n) is 12.6. The van der Waals surface area contributed by atoms with Crippen molar-refractivity contribution in [3.63, 3.8) is 0 Å². The number of hydrogen-bond donors (Lipinski definition) is 0. The molecule has 0 atom stereocenters. The van der Waals surface area contributed by atoms with E-state index in [1.165, 1.54) is 58.6 Å². The largest absolute Gasteiger partial charge is 0.292 e. The Morgan fingerprint density at radius 3 is 1.92 bits per heavy atom. The van der Waals surface area contributed by atoms with Gasteiger partial charge in [0.1, 0.15) is 16.0 Å². The summed E-state index contributed by atoms with van der Waals surface area (Å²) in [6.07, 6.45) is 0. The summed E-state index contributed by atoms with van der Waals surface area (Å²) >= 11 is 1.71. The van der Waals surface area contributed by atoms with Gasteiger partial charge in [0.25, 0.3) is 0 Å². The van der Waals surface area contributed by atoms with Crippen LogP contribution in [0.1, 0.15) is 0 Å². The molecule has 0 saturated carbocycles. The number of hydrogen-bond acceptors (Lipinski definition) is 3. The number of aromatic nitrogens is 3. The zero-order valence-electron chi connectivity index (χ0n) is 25.7. The minimum Gasteiger partial charge on any atom is -0.292 e. The average molecular weight is 628 g/mol. The molecule has 3 aromatic heterocycles. The molecule has 0 saturated heterocycles. The molecule has 222 valence electrons. The van der Waals surface area contributed by atoms with E-state index in [-0.39, 0.29) is 0 Å². The predicted molar refractivity (Wildman–Crippen MR) is 205 cm³/mol. The Morgan fingerprint density at radius 1 is 0.438 bits per heavy atom. The van der Waals surface area contributed by atoms with Gasteiger partial charge in [0.2, 0.25) is 0 Å². The molecular formula is C44H25N3S. The molecule has 0 aliphatic rings. The lowest BCUT2D eigenvalue weighted by molar-refractivity contribution is 1.09. The van der Waals surface area contributed by atoms with Gasteiger partial charge in [-0.25, -0.2) is 9.97 Å². The van der Waals surface area contributed by atoms with Crippen LogP contribution in [0.5, 0.6) is 0 Å². The van der Waals surface area contributed by atoms with Gasteiger partial charge in [-0.05, 0) is 73.4 Å². The maximum atomic E-state index is 5.61. The monoisotopic (exact) mass is 627 g/mol. The fourth-order valence-corrected chi connectivity index (χ4v) is 8.82.